The van der Waals surface area contributed by atoms with Crippen molar-refractivity contribution >= 4 is 18.1 Å². The molecule has 0 spiro atoms. The van der Waals surface area contributed by atoms with Gasteiger partial charge in [-0.3, -0.25) is 0 Å². The minimum Gasteiger partial charge on any atom is -0.467 e. The van der Waals surface area contributed by atoms with Crippen molar-refractivity contribution in [1.82, 2.24) is 16.0 Å². The number of urea groups is 1. The van der Waals surface area contributed by atoms with Gasteiger partial charge >= 0.3 is 18.1 Å². The topological polar surface area (TPSA) is 106 Å². The maximum Gasteiger partial charge on any atom is 0.407 e. The van der Waals surface area contributed by atoms with Gasteiger partial charge in [-0.2, -0.15) is 0 Å². The number of nitrogens with one attached hydrogen (secondary N) is 3. The summed E-state index contributed by atoms with van der Waals surface area (Å²) >= 11 is 0. The zero-order chi connectivity index (χ0) is 15.8. The van der Waals surface area contributed by atoms with E-state index in [1.165, 1.54) is 14.2 Å². The third-order valence-corrected chi connectivity index (χ3v) is 2.12. The fourth-order valence-electron chi connectivity index (χ4n) is 1.25. The van der Waals surface area contributed by atoms with E-state index < -0.39 is 29.7 Å². The van der Waals surface area contributed by atoms with Crippen LogP contribution >= 0.6 is 0 Å². The van der Waals surface area contributed by atoms with Crippen molar-refractivity contribution in [2.24, 2.45) is 0 Å². The first kappa shape index (κ1) is 18.0. The summed E-state index contributed by atoms with van der Waals surface area (Å²) in [5.41, 5.74) is -0.591. The van der Waals surface area contributed by atoms with E-state index in [-0.39, 0.29) is 13.0 Å². The van der Waals surface area contributed by atoms with Crippen LogP contribution in [0.1, 0.15) is 27.2 Å². The summed E-state index contributed by atoms with van der Waals surface area (Å²) in [7, 11) is 2.66. The number of hydrogen-bond donors (Lipinski definition) is 3. The Morgan fingerprint density at radius 1 is 1.20 bits per heavy atom. The standard InChI is InChI=1S/C12H23N3O5/c1-12(2,3)20-11(18)14-7-6-8(9(16)19-5)15-10(17)13-4/h8H,6-7H2,1-5H3,(H,14,18)(H2,13,15,17)/t8-/m0/s1. The van der Waals surface area contributed by atoms with Crippen molar-refractivity contribution in [2.75, 3.05) is 20.7 Å². The largest absolute Gasteiger partial charge is 0.467 e. The van der Waals surface area contributed by atoms with Crippen LogP contribution in [0.5, 0.6) is 0 Å². The van der Waals surface area contributed by atoms with E-state index in [0.29, 0.717) is 0 Å². The first-order valence-electron chi connectivity index (χ1n) is 6.22. The first-order chi connectivity index (χ1) is 9.19. The highest BCUT2D eigenvalue weighted by molar-refractivity contribution is 5.83. The van der Waals surface area contributed by atoms with E-state index in [4.69, 9.17) is 4.74 Å². The van der Waals surface area contributed by atoms with Gasteiger partial charge in [0, 0.05) is 13.6 Å². The van der Waals surface area contributed by atoms with Crippen LogP contribution in [0.3, 0.4) is 0 Å². The maximum atomic E-state index is 11.5. The Kier molecular flexibility index (Phi) is 7.42. The molecule has 0 aromatic carbocycles. The lowest BCUT2D eigenvalue weighted by Crippen LogP contribution is -2.47. The molecule has 0 saturated heterocycles. The Hall–Kier alpha value is -1.99. The maximum absolute atomic E-state index is 11.5. The molecule has 0 aromatic heterocycles. The van der Waals surface area contributed by atoms with Crippen LogP contribution in [0.25, 0.3) is 0 Å². The van der Waals surface area contributed by atoms with Crippen LogP contribution in [0.2, 0.25) is 0 Å². The predicted octanol–water partition coefficient (Wildman–Crippen LogP) is 0.372. The summed E-state index contributed by atoms with van der Waals surface area (Å²) in [6.45, 7) is 5.41. The number of methoxy groups -OCH3 is 1. The van der Waals surface area contributed by atoms with Crippen LogP contribution in [0.4, 0.5) is 9.59 Å². The van der Waals surface area contributed by atoms with E-state index in [1.54, 1.807) is 20.8 Å². The monoisotopic (exact) mass is 289 g/mol. The van der Waals surface area contributed by atoms with Gasteiger partial charge in [0.15, 0.2) is 0 Å². The van der Waals surface area contributed by atoms with Gasteiger partial charge in [-0.1, -0.05) is 0 Å². The molecule has 1 atom stereocenters. The second-order valence-electron chi connectivity index (χ2n) is 5.02. The third-order valence-electron chi connectivity index (χ3n) is 2.12. The van der Waals surface area contributed by atoms with Crippen molar-refractivity contribution in [2.45, 2.75) is 38.8 Å². The molecule has 0 aliphatic carbocycles. The molecule has 0 fully saturated rings. The molecule has 0 heterocycles. The second kappa shape index (κ2) is 8.23. The lowest BCUT2D eigenvalue weighted by Gasteiger charge is -2.20. The fourth-order valence-corrected chi connectivity index (χ4v) is 1.25. The summed E-state index contributed by atoms with van der Waals surface area (Å²) in [6, 6.07) is -1.34. The molecule has 8 nitrogen and oxygen atoms in total. The number of esters is 1. The molecule has 116 valence electrons. The van der Waals surface area contributed by atoms with Gasteiger partial charge < -0.3 is 25.4 Å². The highest BCUT2D eigenvalue weighted by Gasteiger charge is 2.22. The normalized spacial score (nSPS) is 12.1. The summed E-state index contributed by atoms with van der Waals surface area (Å²) in [4.78, 5) is 34.1. The molecule has 3 N–H and O–H groups in total. The zero-order valence-electron chi connectivity index (χ0n) is 12.5. The van der Waals surface area contributed by atoms with Crippen molar-refractivity contribution in [1.29, 1.82) is 0 Å². The minimum atomic E-state index is -0.838. The van der Waals surface area contributed by atoms with E-state index >= 15 is 0 Å². The molecular weight excluding hydrogens is 266 g/mol. The van der Waals surface area contributed by atoms with Crippen molar-refractivity contribution in [3.63, 3.8) is 0 Å². The molecule has 3 amide bonds. The SMILES string of the molecule is CNC(=O)N[C@@H](CCNC(=O)OC(C)(C)C)C(=O)OC. The molecule has 0 bridgehead atoms. The van der Waals surface area contributed by atoms with E-state index in [9.17, 15) is 14.4 Å². The van der Waals surface area contributed by atoms with Crippen LogP contribution < -0.4 is 16.0 Å². The molecule has 8 heteroatoms. The average molecular weight is 289 g/mol. The van der Waals surface area contributed by atoms with Gasteiger partial charge in [0.05, 0.1) is 7.11 Å². The van der Waals surface area contributed by atoms with E-state index in [1.807, 2.05) is 0 Å². The molecule has 0 saturated carbocycles. The summed E-state index contributed by atoms with van der Waals surface area (Å²) in [5, 5.41) is 7.26. The Labute approximate surface area is 118 Å². The summed E-state index contributed by atoms with van der Waals surface area (Å²) in [5.74, 6) is -0.584. The minimum absolute atomic E-state index is 0.165. The number of alkyl carbamates (subject to hydrolysis) is 1. The number of carbonyl (C=O) groups excluding carboxylic acids is 3. The Balaban J connectivity index is 4.23. The molecule has 20 heavy (non-hydrogen) atoms. The summed E-state index contributed by atoms with van der Waals surface area (Å²) < 4.78 is 9.61. The molecule has 0 aliphatic rings. The lowest BCUT2D eigenvalue weighted by molar-refractivity contribution is -0.143. The highest BCUT2D eigenvalue weighted by Crippen LogP contribution is 2.06. The summed E-state index contributed by atoms with van der Waals surface area (Å²) in [6.07, 6.45) is -0.389. The van der Waals surface area contributed by atoms with Gasteiger partial charge in [0.1, 0.15) is 11.6 Å². The number of hydrogen-bond acceptors (Lipinski definition) is 5. The Bertz CT molecular complexity index is 351. The van der Waals surface area contributed by atoms with Crippen molar-refractivity contribution in [3.05, 3.63) is 0 Å². The molecular formula is C12H23N3O5. The Morgan fingerprint density at radius 2 is 1.80 bits per heavy atom. The van der Waals surface area contributed by atoms with Crippen molar-refractivity contribution in [3.8, 4) is 0 Å². The van der Waals surface area contributed by atoms with Crippen LogP contribution in [0, 0.1) is 0 Å². The van der Waals surface area contributed by atoms with Crippen LogP contribution in [-0.2, 0) is 14.3 Å². The van der Waals surface area contributed by atoms with Crippen LogP contribution in [-0.4, -0.2) is 50.4 Å². The molecule has 0 unspecified atom stereocenters. The third kappa shape index (κ3) is 8.17. The van der Waals surface area contributed by atoms with Gasteiger partial charge in [-0.05, 0) is 27.2 Å². The fraction of sp³-hybridized carbons (Fsp3) is 0.750. The van der Waals surface area contributed by atoms with Gasteiger partial charge in [0.2, 0.25) is 0 Å². The molecule has 0 radical (unpaired) electrons. The first-order valence-corrected chi connectivity index (χ1v) is 6.22. The van der Waals surface area contributed by atoms with Gasteiger partial charge in [0.25, 0.3) is 0 Å². The number of rotatable bonds is 5. The number of carbonyl (C=O) groups is 3. The number of amides is 3. The molecule has 0 rings (SSSR count). The quantitative estimate of drug-likeness (QED) is 0.634. The zero-order valence-corrected chi connectivity index (χ0v) is 12.5. The highest BCUT2D eigenvalue weighted by atomic mass is 16.6. The average Bonchev–Trinajstić information content (AvgIpc) is 2.34. The number of ether oxygens (including phenoxy) is 2. The molecule has 0 aromatic rings. The van der Waals surface area contributed by atoms with E-state index in [0.717, 1.165) is 0 Å². The van der Waals surface area contributed by atoms with Crippen LogP contribution in [0.15, 0.2) is 0 Å². The van der Waals surface area contributed by atoms with E-state index in [2.05, 4.69) is 20.7 Å². The molecule has 0 aliphatic heterocycles. The second-order valence-corrected chi connectivity index (χ2v) is 5.02. The van der Waals surface area contributed by atoms with Gasteiger partial charge in [-0.25, -0.2) is 14.4 Å². The Morgan fingerprint density at radius 3 is 2.25 bits per heavy atom. The smallest absolute Gasteiger partial charge is 0.407 e. The van der Waals surface area contributed by atoms with Crippen molar-refractivity contribution < 1.29 is 23.9 Å². The predicted molar refractivity (Wildman–Crippen MR) is 72.2 cm³/mol. The van der Waals surface area contributed by atoms with Gasteiger partial charge in [-0.15, -0.1) is 0 Å². The lowest BCUT2D eigenvalue weighted by atomic mass is 10.2.